The van der Waals surface area contributed by atoms with E-state index >= 15 is 0 Å². The van der Waals surface area contributed by atoms with Gasteiger partial charge < -0.3 is 19.1 Å². The van der Waals surface area contributed by atoms with E-state index in [4.69, 9.17) is 9.47 Å². The SMILES string of the molecule is COC(=O)COc1ccc(/C=C2/CCCN(C(=O)OC(C)(C)C)C2)cc1[N+](=O)[O-]. The molecule has 1 aromatic rings. The monoisotopic (exact) mass is 406 g/mol. The van der Waals surface area contributed by atoms with Gasteiger partial charge in [0, 0.05) is 19.2 Å². The number of hydrogen-bond donors (Lipinski definition) is 0. The first-order chi connectivity index (χ1) is 13.6. The molecule has 0 aromatic heterocycles. The van der Waals surface area contributed by atoms with Gasteiger partial charge in [0.15, 0.2) is 12.4 Å². The van der Waals surface area contributed by atoms with Crippen molar-refractivity contribution in [2.24, 2.45) is 0 Å². The number of nitrogens with zero attached hydrogens (tertiary/aromatic N) is 2. The van der Waals surface area contributed by atoms with Crippen molar-refractivity contribution in [3.63, 3.8) is 0 Å². The summed E-state index contributed by atoms with van der Waals surface area (Å²) in [5, 5.41) is 11.4. The zero-order valence-electron chi connectivity index (χ0n) is 17.1. The smallest absolute Gasteiger partial charge is 0.410 e. The molecule has 1 saturated heterocycles. The van der Waals surface area contributed by atoms with Gasteiger partial charge in [-0.1, -0.05) is 17.7 Å². The van der Waals surface area contributed by atoms with Gasteiger partial charge in [-0.25, -0.2) is 9.59 Å². The second-order valence-corrected chi connectivity index (χ2v) is 7.66. The summed E-state index contributed by atoms with van der Waals surface area (Å²) in [4.78, 5) is 35.9. The maximum Gasteiger partial charge on any atom is 0.410 e. The third kappa shape index (κ3) is 6.78. The van der Waals surface area contributed by atoms with E-state index in [2.05, 4.69) is 4.74 Å². The number of likely N-dealkylation sites (tertiary alicyclic amines) is 1. The summed E-state index contributed by atoms with van der Waals surface area (Å²) in [6, 6.07) is 4.49. The normalized spacial score (nSPS) is 15.7. The number of carbonyl (C=O) groups excluding carboxylic acids is 2. The topological polar surface area (TPSA) is 108 Å². The van der Waals surface area contributed by atoms with Crippen LogP contribution < -0.4 is 4.74 Å². The summed E-state index contributed by atoms with van der Waals surface area (Å²) >= 11 is 0. The van der Waals surface area contributed by atoms with E-state index in [-0.39, 0.29) is 17.5 Å². The number of benzene rings is 1. The van der Waals surface area contributed by atoms with E-state index < -0.39 is 23.1 Å². The van der Waals surface area contributed by atoms with Crippen LogP contribution in [0.5, 0.6) is 5.75 Å². The average molecular weight is 406 g/mol. The minimum Gasteiger partial charge on any atom is -0.475 e. The standard InChI is InChI=1S/C20H26N2O7/c1-20(2,3)29-19(24)21-9-5-6-15(12-21)10-14-7-8-17(16(11-14)22(25)26)28-13-18(23)27-4/h7-8,10-11H,5-6,9,12-13H2,1-4H3/b15-10-. The van der Waals surface area contributed by atoms with E-state index in [1.165, 1.54) is 19.2 Å². The van der Waals surface area contributed by atoms with Gasteiger partial charge in [-0.05, 0) is 45.2 Å². The van der Waals surface area contributed by atoms with Gasteiger partial charge in [-0.2, -0.15) is 0 Å². The molecule has 0 bridgehead atoms. The Morgan fingerprint density at radius 2 is 2.03 bits per heavy atom. The number of methoxy groups -OCH3 is 1. The van der Waals surface area contributed by atoms with Gasteiger partial charge in [0.05, 0.1) is 12.0 Å². The van der Waals surface area contributed by atoms with Crippen LogP contribution in [0.4, 0.5) is 10.5 Å². The van der Waals surface area contributed by atoms with Crippen molar-refractivity contribution in [2.45, 2.75) is 39.2 Å². The fourth-order valence-corrected chi connectivity index (χ4v) is 2.82. The van der Waals surface area contributed by atoms with Crippen LogP contribution in [0, 0.1) is 10.1 Å². The lowest BCUT2D eigenvalue weighted by Crippen LogP contribution is -2.40. The number of piperidine rings is 1. The minimum absolute atomic E-state index is 0.0124. The molecule has 1 amide bonds. The molecule has 0 aliphatic carbocycles. The van der Waals surface area contributed by atoms with Crippen LogP contribution in [0.3, 0.4) is 0 Å². The van der Waals surface area contributed by atoms with E-state index in [1.807, 2.05) is 26.8 Å². The van der Waals surface area contributed by atoms with Crippen LogP contribution in [0.15, 0.2) is 23.8 Å². The van der Waals surface area contributed by atoms with Gasteiger partial charge in [0.1, 0.15) is 5.60 Å². The lowest BCUT2D eigenvalue weighted by molar-refractivity contribution is -0.385. The van der Waals surface area contributed by atoms with Gasteiger partial charge in [0.2, 0.25) is 0 Å². The molecular weight excluding hydrogens is 380 g/mol. The zero-order chi connectivity index (χ0) is 21.6. The number of hydrogen-bond acceptors (Lipinski definition) is 7. The van der Waals surface area contributed by atoms with E-state index in [0.29, 0.717) is 18.7 Å². The van der Waals surface area contributed by atoms with Gasteiger partial charge in [-0.3, -0.25) is 10.1 Å². The highest BCUT2D eigenvalue weighted by Crippen LogP contribution is 2.30. The number of esters is 1. The van der Waals surface area contributed by atoms with Crippen molar-refractivity contribution < 1.29 is 28.7 Å². The van der Waals surface area contributed by atoms with Crippen LogP contribution in [0.2, 0.25) is 0 Å². The summed E-state index contributed by atoms with van der Waals surface area (Å²) in [5.41, 5.74) is 0.768. The molecule has 2 rings (SSSR count). The molecule has 158 valence electrons. The highest BCUT2D eigenvalue weighted by atomic mass is 16.6. The fraction of sp³-hybridized carbons (Fsp3) is 0.500. The molecule has 0 radical (unpaired) electrons. The van der Waals surface area contributed by atoms with Crippen LogP contribution in [-0.2, 0) is 14.3 Å². The van der Waals surface area contributed by atoms with Gasteiger partial charge >= 0.3 is 17.7 Å². The molecule has 1 heterocycles. The number of rotatable bonds is 5. The number of nitro benzene ring substituents is 1. The third-order valence-electron chi connectivity index (χ3n) is 4.10. The van der Waals surface area contributed by atoms with Crippen molar-refractivity contribution in [3.05, 3.63) is 39.4 Å². The van der Waals surface area contributed by atoms with Crippen molar-refractivity contribution in [1.82, 2.24) is 4.90 Å². The number of carbonyl (C=O) groups is 2. The predicted octanol–water partition coefficient (Wildman–Crippen LogP) is 3.56. The Morgan fingerprint density at radius 1 is 1.31 bits per heavy atom. The average Bonchev–Trinajstić information content (AvgIpc) is 2.65. The molecule has 0 saturated carbocycles. The van der Waals surface area contributed by atoms with E-state index in [9.17, 15) is 19.7 Å². The zero-order valence-corrected chi connectivity index (χ0v) is 17.1. The van der Waals surface area contributed by atoms with Crippen LogP contribution in [0.1, 0.15) is 39.2 Å². The Kier molecular flexibility index (Phi) is 7.19. The molecule has 9 nitrogen and oxygen atoms in total. The Hall–Kier alpha value is -3.10. The van der Waals surface area contributed by atoms with Crippen molar-refractivity contribution in [3.8, 4) is 5.75 Å². The van der Waals surface area contributed by atoms with Crippen LogP contribution in [0.25, 0.3) is 6.08 Å². The minimum atomic E-state index is -0.630. The molecule has 9 heteroatoms. The molecule has 0 atom stereocenters. The van der Waals surface area contributed by atoms with Crippen molar-refractivity contribution in [2.75, 3.05) is 26.8 Å². The van der Waals surface area contributed by atoms with Crippen molar-refractivity contribution >= 4 is 23.8 Å². The summed E-state index contributed by atoms with van der Waals surface area (Å²) in [6.07, 6.45) is 3.02. The molecule has 0 N–H and O–H groups in total. The second kappa shape index (κ2) is 9.40. The third-order valence-corrected chi connectivity index (χ3v) is 4.10. The molecular formula is C20H26N2O7. The Balaban J connectivity index is 2.16. The van der Waals surface area contributed by atoms with Crippen LogP contribution >= 0.6 is 0 Å². The molecule has 0 spiro atoms. The summed E-state index contributed by atoms with van der Waals surface area (Å²) in [7, 11) is 1.21. The van der Waals surface area contributed by atoms with E-state index in [0.717, 1.165) is 18.4 Å². The summed E-state index contributed by atoms with van der Waals surface area (Å²) in [5.74, 6) is -0.642. The second-order valence-electron chi connectivity index (χ2n) is 7.66. The maximum absolute atomic E-state index is 12.3. The molecule has 1 fully saturated rings. The molecule has 1 aromatic carbocycles. The highest BCUT2D eigenvalue weighted by molar-refractivity contribution is 5.71. The summed E-state index contributed by atoms with van der Waals surface area (Å²) < 4.78 is 15.1. The van der Waals surface area contributed by atoms with Gasteiger partial charge in [-0.15, -0.1) is 0 Å². The molecule has 1 aliphatic heterocycles. The number of ether oxygens (including phenoxy) is 3. The van der Waals surface area contributed by atoms with E-state index in [1.54, 1.807) is 11.0 Å². The largest absolute Gasteiger partial charge is 0.475 e. The lowest BCUT2D eigenvalue weighted by atomic mass is 10.0. The summed E-state index contributed by atoms with van der Waals surface area (Å²) in [6.45, 7) is 6.04. The van der Waals surface area contributed by atoms with Crippen molar-refractivity contribution in [1.29, 1.82) is 0 Å². The highest BCUT2D eigenvalue weighted by Gasteiger charge is 2.25. The van der Waals surface area contributed by atoms with Crippen LogP contribution in [-0.4, -0.2) is 54.3 Å². The van der Waals surface area contributed by atoms with Gasteiger partial charge in [0.25, 0.3) is 0 Å². The quantitative estimate of drug-likeness (QED) is 0.418. The number of nitro groups is 1. The molecule has 0 unspecified atom stereocenters. The first-order valence-corrected chi connectivity index (χ1v) is 9.24. The molecule has 29 heavy (non-hydrogen) atoms. The molecule has 1 aliphatic rings. The predicted molar refractivity (Wildman–Crippen MR) is 106 cm³/mol. The first kappa shape index (κ1) is 22.2. The lowest BCUT2D eigenvalue weighted by Gasteiger charge is -2.31. The fourth-order valence-electron chi connectivity index (χ4n) is 2.82. The maximum atomic E-state index is 12.3. The Labute approximate surface area is 169 Å². The number of amides is 1. The Bertz CT molecular complexity index is 812. The Morgan fingerprint density at radius 3 is 2.66 bits per heavy atom. The first-order valence-electron chi connectivity index (χ1n) is 9.24.